The molecule has 1 heterocycles. The fourth-order valence-corrected chi connectivity index (χ4v) is 7.18. The van der Waals surface area contributed by atoms with Crippen LogP contribution in [0.3, 0.4) is 0 Å². The maximum absolute atomic E-state index is 13.9. The largest absolute Gasteiger partial charge is 0.510 e. The van der Waals surface area contributed by atoms with Crippen LogP contribution in [0.1, 0.15) is 30.2 Å². The van der Waals surface area contributed by atoms with Crippen molar-refractivity contribution in [3.05, 3.63) is 124 Å². The molecule has 0 fully saturated rings. The number of hydrogen-bond acceptors (Lipinski definition) is 10. The number of hydrogen-bond donors (Lipinski definition) is 4. The maximum atomic E-state index is 13.9. The van der Waals surface area contributed by atoms with Gasteiger partial charge in [0.2, 0.25) is 16.3 Å². The molecule has 11 nitrogen and oxygen atoms in total. The number of fused-ring (bicyclic) bond motifs is 4. The minimum atomic E-state index is -1.98. The minimum Gasteiger partial charge on any atom is -0.510 e. The van der Waals surface area contributed by atoms with Crippen LogP contribution in [0.4, 0.5) is 0 Å². The second kappa shape index (κ2) is 10.7. The highest BCUT2D eigenvalue weighted by atomic mass is 79.9. The molecule has 4 aliphatic rings. The second-order valence-electron chi connectivity index (χ2n) is 11.4. The summed E-state index contributed by atoms with van der Waals surface area (Å²) in [7, 11) is 3.55. The van der Waals surface area contributed by atoms with Crippen LogP contribution >= 0.6 is 15.9 Å². The van der Waals surface area contributed by atoms with Gasteiger partial charge in [0.25, 0.3) is 5.56 Å². The Labute approximate surface area is 261 Å². The molecule has 0 aliphatic heterocycles. The van der Waals surface area contributed by atoms with Gasteiger partial charge in [-0.2, -0.15) is 0 Å². The zero-order chi connectivity index (χ0) is 32.5. The molecule has 1 atom stereocenters. The van der Waals surface area contributed by atoms with Crippen molar-refractivity contribution in [3.63, 3.8) is 0 Å². The van der Waals surface area contributed by atoms with Gasteiger partial charge in [0.15, 0.2) is 11.2 Å². The normalized spacial score (nSPS) is 17.6. The first kappa shape index (κ1) is 30.2. The first-order valence-corrected chi connectivity index (χ1v) is 14.9. The van der Waals surface area contributed by atoms with Crippen molar-refractivity contribution in [2.75, 3.05) is 27.2 Å². The number of aromatic amines is 1. The first-order valence-electron chi connectivity index (χ1n) is 14.1. The summed E-state index contributed by atoms with van der Waals surface area (Å²) in [4.78, 5) is 71.8. The van der Waals surface area contributed by atoms with Gasteiger partial charge >= 0.3 is 0 Å². The minimum absolute atomic E-state index is 0.0250. The van der Waals surface area contributed by atoms with Crippen LogP contribution in [0.2, 0.25) is 0 Å². The molecular weight excluding hydrogens is 648 g/mol. The molecule has 0 radical (unpaired) electrons. The number of likely N-dealkylation sites (N-methyl/N-ethyl adjacent to an activating group) is 1. The van der Waals surface area contributed by atoms with Crippen molar-refractivity contribution in [2.24, 2.45) is 0 Å². The number of phenols is 1. The van der Waals surface area contributed by atoms with E-state index in [0.717, 1.165) is 6.07 Å². The summed E-state index contributed by atoms with van der Waals surface area (Å²) in [6.07, 6.45) is 7.06. The number of aliphatic hydroxyl groups is 2. The number of phenolic OH excluding ortho intramolecular Hbond substituents is 1. The van der Waals surface area contributed by atoms with Crippen molar-refractivity contribution in [1.29, 1.82) is 0 Å². The van der Waals surface area contributed by atoms with E-state index < -0.39 is 76.6 Å². The zero-order valence-electron chi connectivity index (χ0n) is 24.4. The van der Waals surface area contributed by atoms with Gasteiger partial charge in [-0.25, -0.2) is 0 Å². The SMILES string of the molecule is C/C=C/C=C/c1cc2c(Br)c3c(c(O)c2c(=O)[nH]1)[C@@]1(CC3)C(O)=c2c(=O)c3c(=O)cc(OCCN(C)C)c(=O)c=3c(=O)c2=C1O. The molecule has 0 saturated heterocycles. The molecule has 1 spiro atoms. The van der Waals surface area contributed by atoms with Crippen molar-refractivity contribution in [1.82, 2.24) is 9.88 Å². The molecule has 0 bridgehead atoms. The third kappa shape index (κ3) is 4.16. The summed E-state index contributed by atoms with van der Waals surface area (Å²) in [5.74, 6) is -2.47. The number of pyridine rings is 1. The van der Waals surface area contributed by atoms with Crippen LogP contribution in [0, 0.1) is 10.4 Å². The number of rotatable bonds is 6. The molecular formula is C33H27BrN2O9. The summed E-state index contributed by atoms with van der Waals surface area (Å²) in [6, 6.07) is 2.50. The Morgan fingerprint density at radius 3 is 2.27 bits per heavy atom. The average Bonchev–Trinajstić information content (AvgIpc) is 3.49. The Kier molecular flexibility index (Phi) is 7.17. The van der Waals surface area contributed by atoms with Crippen molar-refractivity contribution < 1.29 is 20.1 Å². The van der Waals surface area contributed by atoms with Gasteiger partial charge in [-0.1, -0.05) is 18.2 Å². The van der Waals surface area contributed by atoms with E-state index in [4.69, 9.17) is 4.74 Å². The highest BCUT2D eigenvalue weighted by Gasteiger charge is 2.53. The molecule has 2 aromatic rings. The van der Waals surface area contributed by atoms with Gasteiger partial charge < -0.3 is 29.9 Å². The number of nitrogens with one attached hydrogen (secondary N) is 1. The number of benzene rings is 1. The molecule has 45 heavy (non-hydrogen) atoms. The Morgan fingerprint density at radius 2 is 1.62 bits per heavy atom. The maximum Gasteiger partial charge on any atom is 0.260 e. The highest BCUT2D eigenvalue weighted by molar-refractivity contribution is 9.10. The number of ether oxygens (including phenoxy) is 1. The fraction of sp³-hybridized carbons (Fsp3) is 0.242. The van der Waals surface area contributed by atoms with Gasteiger partial charge in [0.05, 0.1) is 26.3 Å². The zero-order valence-corrected chi connectivity index (χ0v) is 26.0. The number of allylic oxidation sites excluding steroid dienone is 3. The van der Waals surface area contributed by atoms with Gasteiger partial charge in [-0.3, -0.25) is 24.0 Å². The lowest BCUT2D eigenvalue weighted by molar-refractivity contribution is 0.259. The lowest BCUT2D eigenvalue weighted by Crippen LogP contribution is -2.52. The van der Waals surface area contributed by atoms with Gasteiger partial charge in [-0.05, 0) is 67.5 Å². The van der Waals surface area contributed by atoms with Crippen LogP contribution < -0.4 is 42.4 Å². The van der Waals surface area contributed by atoms with Gasteiger partial charge in [0, 0.05) is 33.7 Å². The van der Waals surface area contributed by atoms with E-state index in [-0.39, 0.29) is 30.4 Å². The van der Waals surface area contributed by atoms with Crippen LogP contribution in [0.15, 0.2) is 58.8 Å². The predicted molar refractivity (Wildman–Crippen MR) is 172 cm³/mol. The number of aromatic nitrogens is 1. The number of aliphatic hydroxyl groups excluding tert-OH is 2. The van der Waals surface area contributed by atoms with Crippen LogP contribution in [0.5, 0.6) is 11.5 Å². The quantitative estimate of drug-likeness (QED) is 0.214. The van der Waals surface area contributed by atoms with E-state index in [0.29, 0.717) is 27.7 Å². The summed E-state index contributed by atoms with van der Waals surface area (Å²) in [6.45, 7) is 2.27. The molecule has 1 aromatic carbocycles. The average molecular weight is 675 g/mol. The van der Waals surface area contributed by atoms with E-state index in [2.05, 4.69) is 20.9 Å². The Morgan fingerprint density at radius 1 is 0.956 bits per heavy atom. The molecule has 6 rings (SSSR count). The molecule has 12 heteroatoms. The topological polar surface area (TPSA) is 174 Å². The lowest BCUT2D eigenvalue weighted by atomic mass is 9.78. The van der Waals surface area contributed by atoms with E-state index in [9.17, 15) is 39.3 Å². The van der Waals surface area contributed by atoms with Crippen LogP contribution in [0.25, 0.3) is 28.4 Å². The van der Waals surface area contributed by atoms with E-state index in [1.807, 2.05) is 13.0 Å². The van der Waals surface area contributed by atoms with Crippen molar-refractivity contribution in [2.45, 2.75) is 25.2 Å². The van der Waals surface area contributed by atoms with Gasteiger partial charge in [-0.15, -0.1) is 0 Å². The van der Waals surface area contributed by atoms with Crippen molar-refractivity contribution in [3.8, 4) is 11.5 Å². The predicted octanol–water partition coefficient (Wildman–Crippen LogP) is 0.797. The summed E-state index contributed by atoms with van der Waals surface area (Å²) < 4.78 is 5.88. The molecule has 0 amide bonds. The molecule has 4 aliphatic carbocycles. The third-order valence-electron chi connectivity index (χ3n) is 8.53. The Bertz CT molecular complexity index is 2510. The first-order chi connectivity index (χ1) is 21.4. The second-order valence-corrected chi connectivity index (χ2v) is 12.2. The number of aromatic hydroxyl groups is 1. The number of halogens is 1. The molecule has 0 saturated carbocycles. The monoisotopic (exact) mass is 674 g/mol. The van der Waals surface area contributed by atoms with Gasteiger partial charge in [0.1, 0.15) is 29.3 Å². The smallest absolute Gasteiger partial charge is 0.260 e. The number of H-pyrrole nitrogens is 1. The van der Waals surface area contributed by atoms with Crippen LogP contribution in [-0.2, 0) is 11.8 Å². The standard InChI is InChI=1S/C33H27BrN2O9/c1-4-5-6-7-14-12-16-19(32(44)35-14)29(41)24-15(25(16)34)8-9-33(24)30(42)22-23(31(33)43)28(40)21-20(27(22)39)17(37)13-18(26(21)38)45-11-10-36(2)3/h4-7,12-13,41-43H,8-11H2,1-3H3,(H,35,44)/b5-4+,7-6+/t33-/m0/s1. The third-order valence-corrected chi connectivity index (χ3v) is 9.44. The van der Waals surface area contributed by atoms with E-state index in [1.54, 1.807) is 43.3 Å². The van der Waals surface area contributed by atoms with E-state index >= 15 is 0 Å². The highest BCUT2D eigenvalue weighted by Crippen LogP contribution is 2.56. The Balaban J connectivity index is 1.68. The van der Waals surface area contributed by atoms with E-state index in [1.165, 1.54) is 0 Å². The summed E-state index contributed by atoms with van der Waals surface area (Å²) >= 11 is 3.54. The Hall–Kier alpha value is -4.81. The number of nitrogens with zero attached hydrogens (tertiary/aromatic N) is 1. The molecule has 0 unspecified atom stereocenters. The molecule has 230 valence electrons. The lowest BCUT2D eigenvalue weighted by Gasteiger charge is -2.27. The molecule has 4 N–H and O–H groups in total. The summed E-state index contributed by atoms with van der Waals surface area (Å²) in [5, 5.41) is 32.5. The van der Waals surface area contributed by atoms with Crippen molar-refractivity contribution >= 4 is 44.3 Å². The molecule has 1 aromatic heterocycles. The fourth-order valence-electron chi connectivity index (χ4n) is 6.47. The van der Waals surface area contributed by atoms with Crippen LogP contribution in [-0.4, -0.2) is 52.5 Å². The summed E-state index contributed by atoms with van der Waals surface area (Å²) in [5.41, 5.74) is -5.96.